The molecule has 0 aliphatic heterocycles. The van der Waals surface area contributed by atoms with E-state index in [-0.39, 0.29) is 5.91 Å². The first kappa shape index (κ1) is 16.6. The van der Waals surface area contributed by atoms with E-state index in [1.54, 1.807) is 30.1 Å². The van der Waals surface area contributed by atoms with Crippen LogP contribution in [0, 0.1) is 6.92 Å². The van der Waals surface area contributed by atoms with E-state index in [1.807, 2.05) is 12.1 Å². The van der Waals surface area contributed by atoms with Gasteiger partial charge in [-0.25, -0.2) is 5.43 Å². The van der Waals surface area contributed by atoms with Crippen LogP contribution in [0.1, 0.15) is 16.7 Å². The van der Waals surface area contributed by atoms with Gasteiger partial charge >= 0.3 is 0 Å². The molecule has 0 fully saturated rings. The Morgan fingerprint density at radius 1 is 1.27 bits per heavy atom. The van der Waals surface area contributed by atoms with Gasteiger partial charge in [-0.05, 0) is 30.2 Å². The molecule has 22 heavy (non-hydrogen) atoms. The van der Waals surface area contributed by atoms with Crippen LogP contribution in [0.3, 0.4) is 0 Å². The summed E-state index contributed by atoms with van der Waals surface area (Å²) in [4.78, 5) is 11.7. The second kappa shape index (κ2) is 8.61. The summed E-state index contributed by atoms with van der Waals surface area (Å²) in [6, 6.07) is 15.6. The molecule has 3 nitrogen and oxygen atoms in total. The SMILES string of the molecule is Cc1ccc(CSCC(=O)N/N=C\c2cccc(Cl)c2)cc1. The van der Waals surface area contributed by atoms with E-state index in [2.05, 4.69) is 41.7 Å². The highest BCUT2D eigenvalue weighted by molar-refractivity contribution is 7.99. The largest absolute Gasteiger partial charge is 0.272 e. The summed E-state index contributed by atoms with van der Waals surface area (Å²) in [5, 5.41) is 4.57. The molecule has 0 radical (unpaired) electrons. The lowest BCUT2D eigenvalue weighted by molar-refractivity contribution is -0.118. The van der Waals surface area contributed by atoms with Gasteiger partial charge in [0.2, 0.25) is 5.91 Å². The van der Waals surface area contributed by atoms with Gasteiger partial charge in [0.15, 0.2) is 0 Å². The normalized spacial score (nSPS) is 10.8. The quantitative estimate of drug-likeness (QED) is 0.641. The van der Waals surface area contributed by atoms with E-state index in [9.17, 15) is 4.79 Å². The zero-order valence-corrected chi connectivity index (χ0v) is 13.8. The fraction of sp³-hybridized carbons (Fsp3) is 0.176. The molecule has 2 aromatic carbocycles. The number of halogens is 1. The number of benzene rings is 2. The smallest absolute Gasteiger partial charge is 0.250 e. The zero-order valence-electron chi connectivity index (χ0n) is 12.3. The van der Waals surface area contributed by atoms with E-state index in [0.717, 1.165) is 11.3 Å². The number of thioether (sulfide) groups is 1. The summed E-state index contributed by atoms with van der Waals surface area (Å²) >= 11 is 7.43. The number of aryl methyl sites for hydroxylation is 1. The fourth-order valence-electron chi connectivity index (χ4n) is 1.74. The Bertz CT molecular complexity index is 656. The molecule has 0 bridgehead atoms. The van der Waals surface area contributed by atoms with Gasteiger partial charge in [-0.1, -0.05) is 53.6 Å². The lowest BCUT2D eigenvalue weighted by atomic mass is 10.2. The van der Waals surface area contributed by atoms with Crippen LogP contribution in [0.25, 0.3) is 0 Å². The number of hydrazone groups is 1. The first-order valence-corrected chi connectivity index (χ1v) is 8.37. The summed E-state index contributed by atoms with van der Waals surface area (Å²) < 4.78 is 0. The maximum absolute atomic E-state index is 11.7. The standard InChI is InChI=1S/C17H17ClN2OS/c1-13-5-7-14(8-6-13)11-22-12-17(21)20-19-10-15-3-2-4-16(18)9-15/h2-10H,11-12H2,1H3,(H,20,21)/b19-10-. The molecule has 0 saturated carbocycles. The molecule has 0 aliphatic rings. The van der Waals surface area contributed by atoms with Crippen LogP contribution < -0.4 is 5.43 Å². The van der Waals surface area contributed by atoms with Crippen LogP contribution in [0.4, 0.5) is 0 Å². The van der Waals surface area contributed by atoms with Crippen molar-refractivity contribution in [2.75, 3.05) is 5.75 Å². The summed E-state index contributed by atoms with van der Waals surface area (Å²) in [7, 11) is 0. The van der Waals surface area contributed by atoms with Crippen LogP contribution in [0.15, 0.2) is 53.6 Å². The predicted molar refractivity (Wildman–Crippen MR) is 94.5 cm³/mol. The highest BCUT2D eigenvalue weighted by Gasteiger charge is 2.00. The van der Waals surface area contributed by atoms with E-state index in [1.165, 1.54) is 11.1 Å². The van der Waals surface area contributed by atoms with Gasteiger partial charge in [0, 0.05) is 10.8 Å². The molecular weight excluding hydrogens is 316 g/mol. The van der Waals surface area contributed by atoms with Gasteiger partial charge in [-0.2, -0.15) is 5.10 Å². The molecule has 0 aromatic heterocycles. The maximum Gasteiger partial charge on any atom is 0.250 e. The first-order valence-electron chi connectivity index (χ1n) is 6.84. The van der Waals surface area contributed by atoms with Crippen molar-refractivity contribution in [3.8, 4) is 0 Å². The molecule has 0 heterocycles. The summed E-state index contributed by atoms with van der Waals surface area (Å²) in [6.07, 6.45) is 1.58. The third-order valence-electron chi connectivity index (χ3n) is 2.87. The molecular formula is C17H17ClN2OS. The van der Waals surface area contributed by atoms with Crippen LogP contribution in [-0.4, -0.2) is 17.9 Å². The van der Waals surface area contributed by atoms with Gasteiger partial charge < -0.3 is 0 Å². The van der Waals surface area contributed by atoms with Crippen LogP contribution in [0.2, 0.25) is 5.02 Å². The Hall–Kier alpha value is -1.78. The highest BCUT2D eigenvalue weighted by Crippen LogP contribution is 2.12. The Labute approximate surface area is 139 Å². The number of hydrogen-bond donors (Lipinski definition) is 1. The summed E-state index contributed by atoms with van der Waals surface area (Å²) in [5.74, 6) is 1.07. The van der Waals surface area contributed by atoms with Crippen molar-refractivity contribution < 1.29 is 4.79 Å². The van der Waals surface area contributed by atoms with Crippen molar-refractivity contribution in [2.45, 2.75) is 12.7 Å². The summed E-state index contributed by atoms with van der Waals surface area (Å²) in [6.45, 7) is 2.06. The number of hydrogen-bond acceptors (Lipinski definition) is 3. The van der Waals surface area contributed by atoms with E-state index in [0.29, 0.717) is 10.8 Å². The molecule has 0 saturated heterocycles. The molecule has 5 heteroatoms. The van der Waals surface area contributed by atoms with Gasteiger partial charge in [0.05, 0.1) is 12.0 Å². The number of rotatable bonds is 6. The third kappa shape index (κ3) is 5.92. The van der Waals surface area contributed by atoms with E-state index < -0.39 is 0 Å². The Morgan fingerprint density at radius 3 is 2.77 bits per heavy atom. The highest BCUT2D eigenvalue weighted by atomic mass is 35.5. The molecule has 0 atom stereocenters. The minimum atomic E-state index is -0.115. The number of carbonyl (C=O) groups is 1. The van der Waals surface area contributed by atoms with Crippen molar-refractivity contribution in [1.29, 1.82) is 0 Å². The Kier molecular flexibility index (Phi) is 6.49. The minimum Gasteiger partial charge on any atom is -0.272 e. The number of carbonyl (C=O) groups excluding carboxylic acids is 1. The van der Waals surface area contributed by atoms with Gasteiger partial charge in [0.25, 0.3) is 0 Å². The average molecular weight is 333 g/mol. The van der Waals surface area contributed by atoms with Crippen LogP contribution >= 0.6 is 23.4 Å². The first-order chi connectivity index (χ1) is 10.6. The van der Waals surface area contributed by atoms with Crippen LogP contribution in [0.5, 0.6) is 0 Å². The number of amides is 1. The Balaban J connectivity index is 1.70. The molecule has 2 rings (SSSR count). The monoisotopic (exact) mass is 332 g/mol. The molecule has 0 spiro atoms. The van der Waals surface area contributed by atoms with Crippen molar-refractivity contribution in [1.82, 2.24) is 5.43 Å². The molecule has 1 amide bonds. The topological polar surface area (TPSA) is 41.5 Å². The summed E-state index contributed by atoms with van der Waals surface area (Å²) in [5.41, 5.74) is 5.81. The van der Waals surface area contributed by atoms with Gasteiger partial charge in [-0.3, -0.25) is 4.79 Å². The van der Waals surface area contributed by atoms with E-state index >= 15 is 0 Å². The zero-order chi connectivity index (χ0) is 15.8. The second-order valence-corrected chi connectivity index (χ2v) is 6.25. The minimum absolute atomic E-state index is 0.115. The Morgan fingerprint density at radius 2 is 2.05 bits per heavy atom. The fourth-order valence-corrected chi connectivity index (χ4v) is 2.72. The number of nitrogens with zero attached hydrogens (tertiary/aromatic N) is 1. The van der Waals surface area contributed by atoms with Crippen molar-refractivity contribution in [3.63, 3.8) is 0 Å². The van der Waals surface area contributed by atoms with Crippen molar-refractivity contribution in [3.05, 3.63) is 70.2 Å². The predicted octanol–water partition coefficient (Wildman–Crippen LogP) is 4.03. The molecule has 2 aromatic rings. The number of nitrogens with one attached hydrogen (secondary N) is 1. The maximum atomic E-state index is 11.7. The second-order valence-electron chi connectivity index (χ2n) is 4.83. The van der Waals surface area contributed by atoms with Crippen molar-refractivity contribution in [2.24, 2.45) is 5.10 Å². The molecule has 114 valence electrons. The lowest BCUT2D eigenvalue weighted by Gasteiger charge is -2.02. The van der Waals surface area contributed by atoms with Gasteiger partial charge in [0.1, 0.15) is 0 Å². The molecule has 0 unspecified atom stereocenters. The van der Waals surface area contributed by atoms with Crippen LogP contribution in [-0.2, 0) is 10.5 Å². The average Bonchev–Trinajstić information content (AvgIpc) is 2.49. The lowest BCUT2D eigenvalue weighted by Crippen LogP contribution is -2.19. The van der Waals surface area contributed by atoms with Gasteiger partial charge in [-0.15, -0.1) is 11.8 Å². The van der Waals surface area contributed by atoms with E-state index in [4.69, 9.17) is 11.6 Å². The van der Waals surface area contributed by atoms with Crippen molar-refractivity contribution >= 4 is 35.5 Å². The third-order valence-corrected chi connectivity index (χ3v) is 4.11. The molecule has 1 N–H and O–H groups in total. The molecule has 0 aliphatic carbocycles.